The maximum absolute atomic E-state index is 2.47. The first kappa shape index (κ1) is 10.6. The third kappa shape index (κ3) is 1.76. The Morgan fingerprint density at radius 3 is 2.94 bits per heavy atom. The van der Waals surface area contributed by atoms with Crippen molar-refractivity contribution in [3.63, 3.8) is 0 Å². The van der Waals surface area contributed by atoms with E-state index in [1.54, 1.807) is 0 Å². The van der Waals surface area contributed by atoms with Gasteiger partial charge in [-0.25, -0.2) is 0 Å². The molecule has 0 N–H and O–H groups in total. The lowest BCUT2D eigenvalue weighted by molar-refractivity contribution is 0.402. The molecule has 1 unspecified atom stereocenters. The van der Waals surface area contributed by atoms with Gasteiger partial charge in [-0.3, -0.25) is 0 Å². The van der Waals surface area contributed by atoms with Crippen LogP contribution in [-0.2, 0) is 0 Å². The molecule has 1 nitrogen and oxygen atoms in total. The molecule has 1 aliphatic carbocycles. The van der Waals surface area contributed by atoms with Crippen molar-refractivity contribution in [1.82, 2.24) is 4.90 Å². The Kier molecular flexibility index (Phi) is 2.90. The zero-order chi connectivity index (χ0) is 11.0. The van der Waals surface area contributed by atoms with Crippen molar-refractivity contribution in [2.75, 3.05) is 12.1 Å². The molecule has 3 rings (SSSR count). The summed E-state index contributed by atoms with van der Waals surface area (Å²) in [5, 5.41) is 2.32. The van der Waals surface area contributed by atoms with Crippen LogP contribution >= 0.6 is 23.5 Å². The molecular weight excluding hydrogens is 234 g/mol. The number of rotatable bonds is 1. The van der Waals surface area contributed by atoms with E-state index in [1.165, 1.54) is 16.1 Å². The smallest absolute Gasteiger partial charge is 0.0799 e. The van der Waals surface area contributed by atoms with Crippen molar-refractivity contribution in [3.8, 4) is 0 Å². The maximum Gasteiger partial charge on any atom is 0.0799 e. The minimum Gasteiger partial charge on any atom is -0.357 e. The topological polar surface area (TPSA) is 3.24 Å². The third-order valence-corrected chi connectivity index (χ3v) is 5.09. The predicted octanol–water partition coefficient (Wildman–Crippen LogP) is 3.74. The van der Waals surface area contributed by atoms with Crippen LogP contribution in [0.5, 0.6) is 0 Å². The van der Waals surface area contributed by atoms with Gasteiger partial charge in [-0.1, -0.05) is 18.2 Å². The Balaban J connectivity index is 1.96. The molecule has 0 saturated carbocycles. The first-order valence-electron chi connectivity index (χ1n) is 5.56. The highest BCUT2D eigenvalue weighted by Crippen LogP contribution is 2.38. The second-order valence-corrected chi connectivity index (χ2v) is 5.91. The second kappa shape index (κ2) is 4.38. The predicted molar refractivity (Wildman–Crippen MR) is 74.2 cm³/mol. The van der Waals surface area contributed by atoms with Gasteiger partial charge in [-0.05, 0) is 35.7 Å². The van der Waals surface area contributed by atoms with Crippen LogP contribution in [0.3, 0.4) is 0 Å². The monoisotopic (exact) mass is 249 g/mol. The molecule has 2 heterocycles. The Morgan fingerprint density at radius 1 is 1.31 bits per heavy atom. The first-order chi connectivity index (χ1) is 7.88. The van der Waals surface area contributed by atoms with Gasteiger partial charge in [-0.15, -0.1) is 23.5 Å². The van der Waals surface area contributed by atoms with Crippen molar-refractivity contribution in [2.24, 2.45) is 0 Å². The fraction of sp³-hybridized carbons (Fsp3) is 0.385. The molecule has 0 amide bonds. The molecule has 0 aromatic heterocycles. The molecular formula is C13H15NS2. The maximum atomic E-state index is 2.47. The van der Waals surface area contributed by atoms with Gasteiger partial charge in [0.2, 0.25) is 0 Å². The summed E-state index contributed by atoms with van der Waals surface area (Å²) in [6.07, 6.45) is 13.8. The average Bonchev–Trinajstić information content (AvgIpc) is 2.35. The lowest BCUT2D eigenvalue weighted by atomic mass is 9.91. The summed E-state index contributed by atoms with van der Waals surface area (Å²) in [5.41, 5.74) is 3.05. The Labute approximate surface area is 105 Å². The normalized spacial score (nSPS) is 27.7. The molecule has 1 atom stereocenters. The Hall–Kier alpha value is -0.540. The fourth-order valence-corrected chi connectivity index (χ4v) is 4.19. The number of allylic oxidation sites excluding steroid dienone is 4. The largest absolute Gasteiger partial charge is 0.357 e. The molecule has 84 valence electrons. The average molecular weight is 249 g/mol. The van der Waals surface area contributed by atoms with Gasteiger partial charge in [-0.2, -0.15) is 0 Å². The van der Waals surface area contributed by atoms with E-state index >= 15 is 0 Å². The highest BCUT2D eigenvalue weighted by Gasteiger charge is 2.26. The van der Waals surface area contributed by atoms with E-state index in [-0.39, 0.29) is 0 Å². The Morgan fingerprint density at radius 2 is 2.12 bits per heavy atom. The molecule has 3 heteroatoms. The van der Waals surface area contributed by atoms with Crippen LogP contribution in [0.1, 0.15) is 12.8 Å². The van der Waals surface area contributed by atoms with Crippen molar-refractivity contribution < 1.29 is 0 Å². The lowest BCUT2D eigenvalue weighted by Gasteiger charge is -2.37. The van der Waals surface area contributed by atoms with Gasteiger partial charge < -0.3 is 4.90 Å². The molecule has 0 aromatic carbocycles. The highest BCUT2D eigenvalue weighted by atomic mass is 32.2. The SMILES string of the molecule is CSC1=CSCN2C=C3CC=CCC3=CC12. The number of nitrogens with zero attached hydrogens (tertiary/aromatic N) is 1. The molecule has 0 saturated heterocycles. The molecule has 0 radical (unpaired) electrons. The van der Waals surface area contributed by atoms with Gasteiger partial charge in [0.15, 0.2) is 0 Å². The second-order valence-electron chi connectivity index (χ2n) is 4.21. The van der Waals surface area contributed by atoms with Crippen LogP contribution < -0.4 is 0 Å². The van der Waals surface area contributed by atoms with Crippen LogP contribution in [-0.4, -0.2) is 23.1 Å². The van der Waals surface area contributed by atoms with Crippen LogP contribution in [0, 0.1) is 0 Å². The van der Waals surface area contributed by atoms with E-state index < -0.39 is 0 Å². The lowest BCUT2D eigenvalue weighted by Crippen LogP contribution is -2.35. The van der Waals surface area contributed by atoms with Crippen molar-refractivity contribution in [1.29, 1.82) is 0 Å². The summed E-state index contributed by atoms with van der Waals surface area (Å²) in [4.78, 5) is 3.95. The van der Waals surface area contributed by atoms with Gasteiger partial charge in [0.25, 0.3) is 0 Å². The van der Waals surface area contributed by atoms with Crippen molar-refractivity contribution in [3.05, 3.63) is 45.9 Å². The standard InChI is InChI=1S/C13H15NS2/c1-15-13-8-16-9-14-7-11-5-3-2-4-10(11)6-12(13)14/h2-3,6-8,12H,4-5,9H2,1H3. The van der Waals surface area contributed by atoms with E-state index in [0.717, 1.165) is 18.7 Å². The number of thioether (sulfide) groups is 2. The van der Waals surface area contributed by atoms with E-state index in [9.17, 15) is 0 Å². The van der Waals surface area contributed by atoms with Crippen LogP contribution in [0.4, 0.5) is 0 Å². The van der Waals surface area contributed by atoms with Gasteiger partial charge >= 0.3 is 0 Å². The molecule has 0 bridgehead atoms. The van der Waals surface area contributed by atoms with E-state index in [2.05, 4.69) is 41.0 Å². The summed E-state index contributed by atoms with van der Waals surface area (Å²) in [5.74, 6) is 1.09. The highest BCUT2D eigenvalue weighted by molar-refractivity contribution is 8.06. The minimum atomic E-state index is 0.501. The van der Waals surface area contributed by atoms with E-state index in [0.29, 0.717) is 6.04 Å². The van der Waals surface area contributed by atoms with Crippen LogP contribution in [0.15, 0.2) is 45.9 Å². The number of hydrogen-bond donors (Lipinski definition) is 0. The zero-order valence-electron chi connectivity index (χ0n) is 9.35. The summed E-state index contributed by atoms with van der Waals surface area (Å²) in [7, 11) is 0. The van der Waals surface area contributed by atoms with Crippen molar-refractivity contribution >= 4 is 23.5 Å². The quantitative estimate of drug-likeness (QED) is 0.652. The molecule has 0 aromatic rings. The summed E-state index contributed by atoms with van der Waals surface area (Å²) >= 11 is 3.78. The molecule has 16 heavy (non-hydrogen) atoms. The van der Waals surface area contributed by atoms with Crippen LogP contribution in [0.2, 0.25) is 0 Å². The van der Waals surface area contributed by atoms with E-state index in [1.807, 2.05) is 23.5 Å². The number of fused-ring (bicyclic) bond motifs is 2. The van der Waals surface area contributed by atoms with Crippen LogP contribution in [0.25, 0.3) is 0 Å². The molecule has 3 aliphatic rings. The van der Waals surface area contributed by atoms with Gasteiger partial charge in [0, 0.05) is 11.1 Å². The minimum absolute atomic E-state index is 0.501. The van der Waals surface area contributed by atoms with Gasteiger partial charge in [0.05, 0.1) is 11.9 Å². The van der Waals surface area contributed by atoms with Gasteiger partial charge in [0.1, 0.15) is 0 Å². The molecule has 2 aliphatic heterocycles. The first-order valence-corrected chi connectivity index (χ1v) is 7.84. The summed E-state index contributed by atoms with van der Waals surface area (Å²) in [6.45, 7) is 0. The fourth-order valence-electron chi connectivity index (χ4n) is 2.37. The summed E-state index contributed by atoms with van der Waals surface area (Å²) < 4.78 is 0. The zero-order valence-corrected chi connectivity index (χ0v) is 11.0. The Bertz CT molecular complexity index is 418. The third-order valence-electron chi connectivity index (χ3n) is 3.24. The number of hydrogen-bond acceptors (Lipinski definition) is 3. The van der Waals surface area contributed by atoms with E-state index in [4.69, 9.17) is 0 Å². The summed E-state index contributed by atoms with van der Waals surface area (Å²) in [6, 6.07) is 0.501. The molecule has 0 spiro atoms. The van der Waals surface area contributed by atoms with Crippen molar-refractivity contribution in [2.45, 2.75) is 18.9 Å². The molecule has 0 fully saturated rings.